The third-order valence-electron chi connectivity index (χ3n) is 4.32. The van der Waals surface area contributed by atoms with Gasteiger partial charge in [-0.2, -0.15) is 0 Å². The molecule has 0 radical (unpaired) electrons. The van der Waals surface area contributed by atoms with Crippen molar-refractivity contribution in [3.8, 4) is 0 Å². The van der Waals surface area contributed by atoms with E-state index in [1.54, 1.807) is 0 Å². The lowest BCUT2D eigenvalue weighted by Crippen LogP contribution is -2.42. The van der Waals surface area contributed by atoms with E-state index in [1.165, 1.54) is 12.8 Å². The average molecular weight is 309 g/mol. The van der Waals surface area contributed by atoms with E-state index in [0.717, 1.165) is 29.3 Å². The topological polar surface area (TPSA) is 41.1 Å². The van der Waals surface area contributed by atoms with Crippen LogP contribution in [-0.2, 0) is 4.79 Å². The van der Waals surface area contributed by atoms with Gasteiger partial charge in [-0.1, -0.05) is 36.7 Å². The quantitative estimate of drug-likeness (QED) is 0.871. The van der Waals surface area contributed by atoms with Gasteiger partial charge >= 0.3 is 0 Å². The summed E-state index contributed by atoms with van der Waals surface area (Å²) in [4.78, 5) is 12.0. The Labute approximate surface area is 132 Å². The number of benzene rings is 1. The highest BCUT2D eigenvalue weighted by atomic mass is 35.5. The van der Waals surface area contributed by atoms with Crippen molar-refractivity contribution in [2.45, 2.75) is 51.6 Å². The van der Waals surface area contributed by atoms with Crippen molar-refractivity contribution in [3.05, 3.63) is 34.9 Å². The second-order valence-electron chi connectivity index (χ2n) is 6.15. The molecule has 0 unspecified atom stereocenters. The number of rotatable bonds is 5. The zero-order valence-corrected chi connectivity index (χ0v) is 13.6. The second kappa shape index (κ2) is 7.81. The number of carbonyl (C=O) groups is 1. The number of hydrogen-bond donors (Lipinski definition) is 2. The van der Waals surface area contributed by atoms with Crippen molar-refractivity contribution < 1.29 is 4.79 Å². The van der Waals surface area contributed by atoms with Gasteiger partial charge in [0.15, 0.2) is 0 Å². The number of halogens is 1. The predicted octanol–water partition coefficient (Wildman–Crippen LogP) is 3.69. The third kappa shape index (κ3) is 5.01. The summed E-state index contributed by atoms with van der Waals surface area (Å²) in [6, 6.07) is 8.15. The van der Waals surface area contributed by atoms with E-state index in [4.69, 9.17) is 11.6 Å². The lowest BCUT2D eigenvalue weighted by Gasteiger charge is -2.27. The molecule has 1 aliphatic rings. The first kappa shape index (κ1) is 16.3. The third-order valence-corrected chi connectivity index (χ3v) is 4.67. The van der Waals surface area contributed by atoms with Crippen LogP contribution >= 0.6 is 11.6 Å². The summed E-state index contributed by atoms with van der Waals surface area (Å²) in [6.45, 7) is 4.64. The van der Waals surface area contributed by atoms with Crippen LogP contribution in [0.25, 0.3) is 0 Å². The zero-order valence-electron chi connectivity index (χ0n) is 12.9. The molecule has 1 saturated carbocycles. The highest BCUT2D eigenvalue weighted by molar-refractivity contribution is 6.31. The summed E-state index contributed by atoms with van der Waals surface area (Å²) < 4.78 is 0. The maximum absolute atomic E-state index is 12.0. The van der Waals surface area contributed by atoms with Crippen LogP contribution in [0, 0.1) is 5.92 Å². The summed E-state index contributed by atoms with van der Waals surface area (Å²) in [5, 5.41) is 7.10. The molecule has 1 fully saturated rings. The van der Waals surface area contributed by atoms with Crippen molar-refractivity contribution in [2.24, 2.45) is 5.92 Å². The zero-order chi connectivity index (χ0) is 15.2. The first-order chi connectivity index (χ1) is 10.1. The molecule has 4 heteroatoms. The minimum atomic E-state index is 0.0656. The Hall–Kier alpha value is -1.06. The maximum Gasteiger partial charge on any atom is 0.234 e. The molecule has 0 aromatic heterocycles. The molecule has 2 rings (SSSR count). The SMILES string of the molecule is CC1CCC(NC(=O)CN[C@@H](C)c2ccccc2Cl)CC1. The van der Waals surface area contributed by atoms with E-state index in [-0.39, 0.29) is 11.9 Å². The predicted molar refractivity (Wildman–Crippen MR) is 87.4 cm³/mol. The summed E-state index contributed by atoms with van der Waals surface area (Å²) in [7, 11) is 0. The molecule has 0 saturated heterocycles. The van der Waals surface area contributed by atoms with E-state index in [9.17, 15) is 4.79 Å². The fraction of sp³-hybridized carbons (Fsp3) is 0.588. The van der Waals surface area contributed by atoms with E-state index in [2.05, 4.69) is 17.6 Å². The first-order valence-electron chi connectivity index (χ1n) is 7.83. The van der Waals surface area contributed by atoms with Crippen LogP contribution in [0.3, 0.4) is 0 Å². The van der Waals surface area contributed by atoms with Gasteiger partial charge in [0.1, 0.15) is 0 Å². The molecular formula is C17H25ClN2O. The molecule has 0 spiro atoms. The Morgan fingerprint density at radius 2 is 1.95 bits per heavy atom. The monoisotopic (exact) mass is 308 g/mol. The van der Waals surface area contributed by atoms with Crippen LogP contribution in [-0.4, -0.2) is 18.5 Å². The molecule has 0 aliphatic heterocycles. The largest absolute Gasteiger partial charge is 0.352 e. The van der Waals surface area contributed by atoms with Crippen LogP contribution in [0.2, 0.25) is 5.02 Å². The van der Waals surface area contributed by atoms with Gasteiger partial charge in [-0.3, -0.25) is 4.79 Å². The normalized spacial score (nSPS) is 23.6. The minimum absolute atomic E-state index is 0.0656. The first-order valence-corrected chi connectivity index (χ1v) is 8.21. The molecule has 3 nitrogen and oxygen atoms in total. The molecule has 1 aliphatic carbocycles. The molecule has 1 atom stereocenters. The summed E-state index contributed by atoms with van der Waals surface area (Å²) in [6.07, 6.45) is 4.64. The van der Waals surface area contributed by atoms with Crippen LogP contribution in [0.4, 0.5) is 0 Å². The Balaban J connectivity index is 1.75. The number of hydrogen-bond acceptors (Lipinski definition) is 2. The lowest BCUT2D eigenvalue weighted by molar-refractivity contribution is -0.121. The summed E-state index contributed by atoms with van der Waals surface area (Å²) in [5.41, 5.74) is 1.03. The smallest absolute Gasteiger partial charge is 0.234 e. The van der Waals surface area contributed by atoms with E-state index in [1.807, 2.05) is 31.2 Å². The average Bonchev–Trinajstić information content (AvgIpc) is 2.48. The van der Waals surface area contributed by atoms with Gasteiger partial charge in [-0.05, 0) is 50.2 Å². The van der Waals surface area contributed by atoms with Crippen LogP contribution in [0.15, 0.2) is 24.3 Å². The van der Waals surface area contributed by atoms with Crippen molar-refractivity contribution in [3.63, 3.8) is 0 Å². The van der Waals surface area contributed by atoms with Gasteiger partial charge in [0.2, 0.25) is 5.91 Å². The van der Waals surface area contributed by atoms with Gasteiger partial charge < -0.3 is 10.6 Å². The fourth-order valence-electron chi connectivity index (χ4n) is 2.87. The van der Waals surface area contributed by atoms with Gasteiger partial charge in [0, 0.05) is 17.1 Å². The van der Waals surface area contributed by atoms with E-state index in [0.29, 0.717) is 12.6 Å². The van der Waals surface area contributed by atoms with Crippen LogP contribution < -0.4 is 10.6 Å². The minimum Gasteiger partial charge on any atom is -0.352 e. The molecule has 0 bridgehead atoms. The van der Waals surface area contributed by atoms with Gasteiger partial charge in [0.05, 0.1) is 6.54 Å². The summed E-state index contributed by atoms with van der Waals surface area (Å²) >= 11 is 6.16. The molecule has 1 aromatic rings. The van der Waals surface area contributed by atoms with Gasteiger partial charge in [-0.15, -0.1) is 0 Å². The number of amides is 1. The van der Waals surface area contributed by atoms with E-state index < -0.39 is 0 Å². The molecule has 1 aromatic carbocycles. The van der Waals surface area contributed by atoms with Crippen molar-refractivity contribution >= 4 is 17.5 Å². The van der Waals surface area contributed by atoms with Crippen molar-refractivity contribution in [2.75, 3.05) is 6.54 Å². The van der Waals surface area contributed by atoms with Crippen LogP contribution in [0.1, 0.15) is 51.1 Å². The molecule has 1 amide bonds. The Kier molecular flexibility index (Phi) is 6.07. The fourth-order valence-corrected chi connectivity index (χ4v) is 3.16. The van der Waals surface area contributed by atoms with Gasteiger partial charge in [0.25, 0.3) is 0 Å². The maximum atomic E-state index is 12.0. The van der Waals surface area contributed by atoms with Crippen molar-refractivity contribution in [1.29, 1.82) is 0 Å². The number of carbonyl (C=O) groups excluding carboxylic acids is 1. The molecular weight excluding hydrogens is 284 g/mol. The Morgan fingerprint density at radius 3 is 2.62 bits per heavy atom. The summed E-state index contributed by atoms with van der Waals surface area (Å²) in [5.74, 6) is 0.880. The molecule has 0 heterocycles. The van der Waals surface area contributed by atoms with Gasteiger partial charge in [-0.25, -0.2) is 0 Å². The highest BCUT2D eigenvalue weighted by Crippen LogP contribution is 2.23. The standard InChI is InChI=1S/C17H25ClN2O/c1-12-7-9-14(10-8-12)20-17(21)11-19-13(2)15-5-3-4-6-16(15)18/h3-6,12-14,19H,7-11H2,1-2H3,(H,20,21)/t12?,13-,14?/m0/s1. The van der Waals surface area contributed by atoms with E-state index >= 15 is 0 Å². The van der Waals surface area contributed by atoms with Crippen LogP contribution in [0.5, 0.6) is 0 Å². The molecule has 116 valence electrons. The molecule has 21 heavy (non-hydrogen) atoms. The Bertz CT molecular complexity index is 470. The highest BCUT2D eigenvalue weighted by Gasteiger charge is 2.19. The second-order valence-corrected chi connectivity index (χ2v) is 6.56. The molecule has 2 N–H and O–H groups in total. The Morgan fingerprint density at radius 1 is 1.29 bits per heavy atom. The number of nitrogens with one attached hydrogen (secondary N) is 2. The lowest BCUT2D eigenvalue weighted by atomic mass is 9.87. The van der Waals surface area contributed by atoms with Crippen molar-refractivity contribution in [1.82, 2.24) is 10.6 Å².